The van der Waals surface area contributed by atoms with Gasteiger partial charge in [-0.3, -0.25) is 9.59 Å². The number of carbonyl (C=O) groups excluding carboxylic acids is 2. The van der Waals surface area contributed by atoms with Gasteiger partial charge in [0.1, 0.15) is 5.75 Å². The highest BCUT2D eigenvalue weighted by Gasteiger charge is 2.19. The van der Waals surface area contributed by atoms with Crippen molar-refractivity contribution in [2.45, 2.75) is 6.54 Å². The van der Waals surface area contributed by atoms with Gasteiger partial charge in [-0.15, -0.1) is 0 Å². The number of rotatable bonds is 6. The summed E-state index contributed by atoms with van der Waals surface area (Å²) in [5, 5.41) is 2.84. The summed E-state index contributed by atoms with van der Waals surface area (Å²) >= 11 is 3.37. The molecule has 0 saturated heterocycles. The number of methoxy groups -OCH3 is 1. The van der Waals surface area contributed by atoms with E-state index in [9.17, 15) is 9.59 Å². The Bertz CT molecular complexity index is 1020. The fourth-order valence-electron chi connectivity index (χ4n) is 2.96. The van der Waals surface area contributed by atoms with Crippen molar-refractivity contribution in [1.29, 1.82) is 0 Å². The SMILES string of the molecule is COc1ccc(Br)cc1C(=O)Nc1ccccc1C(=O)N(C)Cc1ccccc1. The molecule has 0 spiro atoms. The van der Waals surface area contributed by atoms with E-state index in [4.69, 9.17) is 4.74 Å². The standard InChI is InChI=1S/C23H21BrN2O3/c1-26(15-16-8-4-3-5-9-16)23(28)18-10-6-7-11-20(18)25-22(27)19-14-17(24)12-13-21(19)29-2/h3-14H,15H2,1-2H3,(H,25,27). The van der Waals surface area contributed by atoms with Gasteiger partial charge in [-0.25, -0.2) is 0 Å². The Balaban J connectivity index is 1.83. The first-order valence-electron chi connectivity index (χ1n) is 9.03. The summed E-state index contributed by atoms with van der Waals surface area (Å²) in [5.41, 5.74) is 2.28. The van der Waals surface area contributed by atoms with Crippen LogP contribution >= 0.6 is 15.9 Å². The number of nitrogens with zero attached hydrogens (tertiary/aromatic N) is 1. The number of carbonyl (C=O) groups is 2. The van der Waals surface area contributed by atoms with Crippen molar-refractivity contribution in [3.8, 4) is 5.75 Å². The molecule has 3 rings (SSSR count). The molecule has 29 heavy (non-hydrogen) atoms. The highest BCUT2D eigenvalue weighted by molar-refractivity contribution is 9.10. The molecule has 3 aromatic carbocycles. The molecule has 0 atom stereocenters. The van der Waals surface area contributed by atoms with E-state index in [1.807, 2.05) is 30.3 Å². The molecule has 0 fully saturated rings. The fraction of sp³-hybridized carbons (Fsp3) is 0.130. The molecule has 0 aromatic heterocycles. The second-order valence-corrected chi connectivity index (χ2v) is 7.41. The normalized spacial score (nSPS) is 10.3. The summed E-state index contributed by atoms with van der Waals surface area (Å²) in [4.78, 5) is 27.5. The fourth-order valence-corrected chi connectivity index (χ4v) is 3.32. The quantitative estimate of drug-likeness (QED) is 0.573. The third-order valence-electron chi connectivity index (χ3n) is 4.42. The first-order valence-corrected chi connectivity index (χ1v) is 9.82. The molecule has 0 bridgehead atoms. The van der Waals surface area contributed by atoms with Gasteiger partial charge in [0.25, 0.3) is 11.8 Å². The van der Waals surface area contributed by atoms with Gasteiger partial charge >= 0.3 is 0 Å². The van der Waals surface area contributed by atoms with E-state index in [0.29, 0.717) is 29.1 Å². The molecule has 0 radical (unpaired) electrons. The summed E-state index contributed by atoms with van der Waals surface area (Å²) in [6.07, 6.45) is 0. The van der Waals surface area contributed by atoms with Crippen molar-refractivity contribution in [3.05, 3.63) is 94.0 Å². The van der Waals surface area contributed by atoms with Crippen LogP contribution in [0, 0.1) is 0 Å². The predicted octanol–water partition coefficient (Wildman–Crippen LogP) is 4.98. The minimum absolute atomic E-state index is 0.175. The van der Waals surface area contributed by atoms with Crippen LogP contribution in [0.3, 0.4) is 0 Å². The van der Waals surface area contributed by atoms with Crippen LogP contribution in [0.4, 0.5) is 5.69 Å². The number of ether oxygens (including phenoxy) is 1. The maximum absolute atomic E-state index is 13.0. The first kappa shape index (κ1) is 20.6. The van der Waals surface area contributed by atoms with Crippen LogP contribution in [0.15, 0.2) is 77.3 Å². The monoisotopic (exact) mass is 452 g/mol. The molecule has 6 heteroatoms. The van der Waals surface area contributed by atoms with Crippen LogP contribution in [0.2, 0.25) is 0 Å². The number of halogens is 1. The van der Waals surface area contributed by atoms with Crippen molar-refractivity contribution >= 4 is 33.4 Å². The van der Waals surface area contributed by atoms with Crippen molar-refractivity contribution in [2.75, 3.05) is 19.5 Å². The molecule has 2 amide bonds. The van der Waals surface area contributed by atoms with E-state index in [1.165, 1.54) is 7.11 Å². The number of nitrogens with one attached hydrogen (secondary N) is 1. The molecule has 0 aliphatic rings. The predicted molar refractivity (Wildman–Crippen MR) is 117 cm³/mol. The Morgan fingerprint density at radius 1 is 0.966 bits per heavy atom. The van der Waals surface area contributed by atoms with Gasteiger partial charge < -0.3 is 15.0 Å². The lowest BCUT2D eigenvalue weighted by molar-refractivity contribution is 0.0786. The van der Waals surface area contributed by atoms with E-state index in [0.717, 1.165) is 10.0 Å². The Morgan fingerprint density at radius 2 is 1.66 bits per heavy atom. The summed E-state index contributed by atoms with van der Waals surface area (Å²) in [6, 6.07) is 21.9. The zero-order chi connectivity index (χ0) is 20.8. The number of para-hydroxylation sites is 1. The zero-order valence-electron chi connectivity index (χ0n) is 16.2. The van der Waals surface area contributed by atoms with Crippen molar-refractivity contribution in [1.82, 2.24) is 4.90 Å². The van der Waals surface area contributed by atoms with Crippen LogP contribution < -0.4 is 10.1 Å². The molecule has 0 unspecified atom stereocenters. The van der Waals surface area contributed by atoms with Gasteiger partial charge in [-0.2, -0.15) is 0 Å². The van der Waals surface area contributed by atoms with Crippen molar-refractivity contribution in [2.24, 2.45) is 0 Å². The van der Waals surface area contributed by atoms with Crippen LogP contribution in [0.5, 0.6) is 5.75 Å². The zero-order valence-corrected chi connectivity index (χ0v) is 17.8. The number of amides is 2. The molecule has 148 valence electrons. The summed E-state index contributed by atoms with van der Waals surface area (Å²) in [7, 11) is 3.25. The lowest BCUT2D eigenvalue weighted by Gasteiger charge is -2.19. The van der Waals surface area contributed by atoms with Crippen LogP contribution in [-0.4, -0.2) is 30.9 Å². The maximum Gasteiger partial charge on any atom is 0.259 e. The van der Waals surface area contributed by atoms with E-state index in [-0.39, 0.29) is 11.8 Å². The van der Waals surface area contributed by atoms with Crippen LogP contribution in [0.1, 0.15) is 26.3 Å². The van der Waals surface area contributed by atoms with Gasteiger partial charge in [0, 0.05) is 18.1 Å². The minimum atomic E-state index is -0.353. The van der Waals surface area contributed by atoms with E-state index < -0.39 is 0 Å². The average Bonchev–Trinajstić information content (AvgIpc) is 2.74. The topological polar surface area (TPSA) is 58.6 Å². The lowest BCUT2D eigenvalue weighted by atomic mass is 10.1. The summed E-state index contributed by atoms with van der Waals surface area (Å²) < 4.78 is 6.04. The van der Waals surface area contributed by atoms with E-state index in [2.05, 4.69) is 21.2 Å². The third kappa shape index (κ3) is 5.03. The largest absolute Gasteiger partial charge is 0.496 e. The Labute approximate surface area is 178 Å². The van der Waals surface area contributed by atoms with Crippen LogP contribution in [-0.2, 0) is 6.54 Å². The second-order valence-electron chi connectivity index (χ2n) is 6.49. The molecule has 0 heterocycles. The molecule has 0 aliphatic carbocycles. The van der Waals surface area contributed by atoms with Crippen LogP contribution in [0.25, 0.3) is 0 Å². The number of anilines is 1. The maximum atomic E-state index is 13.0. The van der Waals surface area contributed by atoms with Gasteiger partial charge in [-0.1, -0.05) is 58.4 Å². The van der Waals surface area contributed by atoms with Crippen molar-refractivity contribution in [3.63, 3.8) is 0 Å². The highest BCUT2D eigenvalue weighted by atomic mass is 79.9. The number of benzene rings is 3. The molecule has 0 aliphatic heterocycles. The van der Waals surface area contributed by atoms with Gasteiger partial charge in [-0.05, 0) is 35.9 Å². The third-order valence-corrected chi connectivity index (χ3v) is 4.91. The number of hydrogen-bond acceptors (Lipinski definition) is 3. The van der Waals surface area contributed by atoms with Gasteiger partial charge in [0.15, 0.2) is 0 Å². The minimum Gasteiger partial charge on any atom is -0.496 e. The first-order chi connectivity index (χ1) is 14.0. The molecular weight excluding hydrogens is 432 g/mol. The molecule has 3 aromatic rings. The second kappa shape index (κ2) is 9.39. The summed E-state index contributed by atoms with van der Waals surface area (Å²) in [5.74, 6) is -0.0734. The van der Waals surface area contributed by atoms with Gasteiger partial charge in [0.2, 0.25) is 0 Å². The lowest BCUT2D eigenvalue weighted by Crippen LogP contribution is -2.27. The van der Waals surface area contributed by atoms with Crippen molar-refractivity contribution < 1.29 is 14.3 Å². The molecule has 1 N–H and O–H groups in total. The van der Waals surface area contributed by atoms with Gasteiger partial charge in [0.05, 0.1) is 23.9 Å². The Kier molecular flexibility index (Phi) is 6.67. The molecule has 5 nitrogen and oxygen atoms in total. The van der Waals surface area contributed by atoms with E-state index in [1.54, 1.807) is 54.4 Å². The summed E-state index contributed by atoms with van der Waals surface area (Å²) in [6.45, 7) is 0.474. The Hall–Kier alpha value is -3.12. The highest BCUT2D eigenvalue weighted by Crippen LogP contribution is 2.25. The van der Waals surface area contributed by atoms with E-state index >= 15 is 0 Å². The smallest absolute Gasteiger partial charge is 0.259 e. The average molecular weight is 453 g/mol. The molecule has 0 saturated carbocycles. The number of hydrogen-bond donors (Lipinski definition) is 1. The Morgan fingerprint density at radius 3 is 2.38 bits per heavy atom. The molecular formula is C23H21BrN2O3.